The Morgan fingerprint density at radius 2 is 1.88 bits per heavy atom. The Balaban J connectivity index is 2.64. The van der Waals surface area contributed by atoms with Crippen LogP contribution < -0.4 is 5.73 Å². The Morgan fingerprint density at radius 3 is 2.35 bits per heavy atom. The van der Waals surface area contributed by atoms with E-state index in [4.69, 9.17) is 5.73 Å². The van der Waals surface area contributed by atoms with E-state index >= 15 is 0 Å². The van der Waals surface area contributed by atoms with E-state index in [1.165, 1.54) is 6.42 Å². The van der Waals surface area contributed by atoms with Gasteiger partial charge in [0, 0.05) is 13.1 Å². The van der Waals surface area contributed by atoms with Gasteiger partial charge >= 0.3 is 0 Å². The topological polar surface area (TPSA) is 46.3 Å². The number of hydrogen-bond acceptors (Lipinski definition) is 2. The molecule has 0 aromatic rings. The highest BCUT2D eigenvalue weighted by Crippen LogP contribution is 2.28. The van der Waals surface area contributed by atoms with Crippen molar-refractivity contribution in [3.8, 4) is 0 Å². The zero-order valence-corrected chi connectivity index (χ0v) is 11.7. The molecular weight excluding hydrogens is 212 g/mol. The molecule has 1 aliphatic carbocycles. The maximum absolute atomic E-state index is 12.5. The fourth-order valence-corrected chi connectivity index (χ4v) is 2.57. The summed E-state index contributed by atoms with van der Waals surface area (Å²) in [5, 5.41) is 0. The summed E-state index contributed by atoms with van der Waals surface area (Å²) >= 11 is 0. The molecule has 1 aliphatic rings. The van der Waals surface area contributed by atoms with Crippen molar-refractivity contribution in [3.05, 3.63) is 0 Å². The van der Waals surface area contributed by atoms with Crippen LogP contribution in [0.1, 0.15) is 59.3 Å². The molecule has 0 aliphatic heterocycles. The van der Waals surface area contributed by atoms with Gasteiger partial charge in [-0.25, -0.2) is 0 Å². The van der Waals surface area contributed by atoms with E-state index in [1.807, 2.05) is 11.8 Å². The second-order valence-corrected chi connectivity index (χ2v) is 5.57. The van der Waals surface area contributed by atoms with Gasteiger partial charge in [-0.1, -0.05) is 39.5 Å². The van der Waals surface area contributed by atoms with Crippen molar-refractivity contribution in [2.45, 2.75) is 64.8 Å². The molecule has 0 radical (unpaired) electrons. The molecule has 1 rings (SSSR count). The first-order valence-electron chi connectivity index (χ1n) is 7.11. The van der Waals surface area contributed by atoms with Gasteiger partial charge in [0.2, 0.25) is 5.91 Å². The van der Waals surface area contributed by atoms with Gasteiger partial charge in [0.05, 0.1) is 5.54 Å². The van der Waals surface area contributed by atoms with Crippen LogP contribution in [-0.4, -0.2) is 29.4 Å². The Hall–Kier alpha value is -0.570. The Bertz CT molecular complexity index is 247. The molecule has 1 saturated carbocycles. The molecule has 1 amide bonds. The number of carbonyl (C=O) groups is 1. The second kappa shape index (κ2) is 6.39. The van der Waals surface area contributed by atoms with Crippen molar-refractivity contribution in [3.63, 3.8) is 0 Å². The summed E-state index contributed by atoms with van der Waals surface area (Å²) in [5.41, 5.74) is 5.74. The standard InChI is InChI=1S/C14H28N2O/c1-4-12(3)11-16(5-2)13(17)14(15)9-7-6-8-10-14/h12H,4-11,15H2,1-3H3. The molecule has 0 heterocycles. The monoisotopic (exact) mass is 240 g/mol. The first kappa shape index (κ1) is 14.5. The van der Waals surface area contributed by atoms with Crippen LogP contribution in [0.25, 0.3) is 0 Å². The normalized spacial score (nSPS) is 20.9. The van der Waals surface area contributed by atoms with E-state index in [1.54, 1.807) is 0 Å². The largest absolute Gasteiger partial charge is 0.341 e. The van der Waals surface area contributed by atoms with Crippen molar-refractivity contribution in [1.29, 1.82) is 0 Å². The summed E-state index contributed by atoms with van der Waals surface area (Å²) in [6, 6.07) is 0. The number of nitrogens with zero attached hydrogens (tertiary/aromatic N) is 1. The number of carbonyl (C=O) groups excluding carboxylic acids is 1. The maximum atomic E-state index is 12.5. The van der Waals surface area contributed by atoms with Crippen LogP contribution in [0, 0.1) is 5.92 Å². The number of rotatable bonds is 5. The molecule has 1 fully saturated rings. The quantitative estimate of drug-likeness (QED) is 0.802. The minimum atomic E-state index is -0.568. The fourth-order valence-electron chi connectivity index (χ4n) is 2.57. The number of nitrogens with two attached hydrogens (primary N) is 1. The summed E-state index contributed by atoms with van der Waals surface area (Å²) < 4.78 is 0. The van der Waals surface area contributed by atoms with Gasteiger partial charge in [0.15, 0.2) is 0 Å². The average Bonchev–Trinajstić information content (AvgIpc) is 2.35. The van der Waals surface area contributed by atoms with Crippen molar-refractivity contribution < 1.29 is 4.79 Å². The first-order chi connectivity index (χ1) is 8.03. The molecule has 3 heteroatoms. The molecule has 0 bridgehead atoms. The van der Waals surface area contributed by atoms with Crippen LogP contribution in [0.2, 0.25) is 0 Å². The summed E-state index contributed by atoms with van der Waals surface area (Å²) in [6.45, 7) is 8.04. The van der Waals surface area contributed by atoms with E-state index in [2.05, 4.69) is 13.8 Å². The van der Waals surface area contributed by atoms with Crippen molar-refractivity contribution in [2.24, 2.45) is 11.7 Å². The molecule has 0 saturated heterocycles. The Labute approximate surface area is 106 Å². The van der Waals surface area contributed by atoms with Gasteiger partial charge in [-0.2, -0.15) is 0 Å². The predicted octanol–water partition coefficient (Wildman–Crippen LogP) is 2.54. The average molecular weight is 240 g/mol. The van der Waals surface area contributed by atoms with Gasteiger partial charge in [0.25, 0.3) is 0 Å². The third kappa shape index (κ3) is 3.70. The molecule has 2 N–H and O–H groups in total. The highest BCUT2D eigenvalue weighted by Gasteiger charge is 2.37. The van der Waals surface area contributed by atoms with E-state index < -0.39 is 5.54 Å². The second-order valence-electron chi connectivity index (χ2n) is 5.57. The third-order valence-electron chi connectivity index (χ3n) is 4.07. The molecule has 1 unspecified atom stereocenters. The Kier molecular flexibility index (Phi) is 5.44. The summed E-state index contributed by atoms with van der Waals surface area (Å²) in [5.74, 6) is 0.742. The van der Waals surface area contributed by atoms with Crippen LogP contribution >= 0.6 is 0 Å². The molecule has 0 aromatic carbocycles. The van der Waals surface area contributed by atoms with Crippen LogP contribution in [0.4, 0.5) is 0 Å². The lowest BCUT2D eigenvalue weighted by molar-refractivity contribution is -0.138. The third-order valence-corrected chi connectivity index (χ3v) is 4.07. The van der Waals surface area contributed by atoms with Crippen LogP contribution in [-0.2, 0) is 4.79 Å². The summed E-state index contributed by atoms with van der Waals surface area (Å²) in [6.07, 6.45) is 6.27. The maximum Gasteiger partial charge on any atom is 0.242 e. The van der Waals surface area contributed by atoms with E-state index in [0.717, 1.165) is 45.2 Å². The first-order valence-corrected chi connectivity index (χ1v) is 7.11. The number of likely N-dealkylation sites (N-methyl/N-ethyl adjacent to an activating group) is 1. The lowest BCUT2D eigenvalue weighted by Crippen LogP contribution is -2.56. The lowest BCUT2D eigenvalue weighted by Gasteiger charge is -2.37. The molecule has 100 valence electrons. The summed E-state index contributed by atoms with van der Waals surface area (Å²) in [7, 11) is 0. The van der Waals surface area contributed by atoms with E-state index in [-0.39, 0.29) is 5.91 Å². The van der Waals surface area contributed by atoms with Crippen molar-refractivity contribution in [1.82, 2.24) is 4.90 Å². The van der Waals surface area contributed by atoms with Gasteiger partial charge in [-0.3, -0.25) is 4.79 Å². The van der Waals surface area contributed by atoms with Crippen LogP contribution in [0.5, 0.6) is 0 Å². The highest BCUT2D eigenvalue weighted by atomic mass is 16.2. The minimum absolute atomic E-state index is 0.181. The predicted molar refractivity (Wildman–Crippen MR) is 71.7 cm³/mol. The van der Waals surface area contributed by atoms with Gasteiger partial charge in [-0.15, -0.1) is 0 Å². The van der Waals surface area contributed by atoms with E-state index in [0.29, 0.717) is 5.92 Å². The molecule has 0 aromatic heterocycles. The zero-order valence-electron chi connectivity index (χ0n) is 11.7. The van der Waals surface area contributed by atoms with Crippen LogP contribution in [0.3, 0.4) is 0 Å². The van der Waals surface area contributed by atoms with E-state index in [9.17, 15) is 4.79 Å². The van der Waals surface area contributed by atoms with Gasteiger partial charge < -0.3 is 10.6 Å². The highest BCUT2D eigenvalue weighted by molar-refractivity contribution is 5.86. The SMILES string of the molecule is CCC(C)CN(CC)C(=O)C1(N)CCCCC1. The van der Waals surface area contributed by atoms with Gasteiger partial charge in [0.1, 0.15) is 0 Å². The van der Waals surface area contributed by atoms with Crippen LogP contribution in [0.15, 0.2) is 0 Å². The molecule has 1 atom stereocenters. The lowest BCUT2D eigenvalue weighted by atomic mass is 9.81. The molecular formula is C14H28N2O. The molecule has 0 spiro atoms. The Morgan fingerprint density at radius 1 is 1.29 bits per heavy atom. The minimum Gasteiger partial charge on any atom is -0.341 e. The summed E-state index contributed by atoms with van der Waals surface area (Å²) in [4.78, 5) is 14.5. The van der Waals surface area contributed by atoms with Crippen molar-refractivity contribution in [2.75, 3.05) is 13.1 Å². The number of amides is 1. The molecule has 17 heavy (non-hydrogen) atoms. The fraction of sp³-hybridized carbons (Fsp3) is 0.929. The molecule has 3 nitrogen and oxygen atoms in total. The van der Waals surface area contributed by atoms with Crippen molar-refractivity contribution >= 4 is 5.91 Å². The number of hydrogen-bond donors (Lipinski definition) is 1. The smallest absolute Gasteiger partial charge is 0.242 e. The van der Waals surface area contributed by atoms with Gasteiger partial charge in [-0.05, 0) is 25.7 Å². The zero-order chi connectivity index (χ0) is 12.9.